The van der Waals surface area contributed by atoms with Gasteiger partial charge in [-0.15, -0.1) is 0 Å². The van der Waals surface area contributed by atoms with Crippen molar-refractivity contribution in [1.82, 2.24) is 0 Å². The van der Waals surface area contributed by atoms with Gasteiger partial charge in [0.25, 0.3) is 0 Å². The Kier molecular flexibility index (Phi) is 2.29. The fraction of sp³-hybridized carbons (Fsp3) is 0.250. The van der Waals surface area contributed by atoms with E-state index in [1.807, 2.05) is 19.1 Å². The summed E-state index contributed by atoms with van der Waals surface area (Å²) in [5.74, 6) is 0.784. The van der Waals surface area contributed by atoms with Crippen LogP contribution >= 0.6 is 0 Å². The maximum atomic E-state index is 8.62. The van der Waals surface area contributed by atoms with E-state index in [4.69, 9.17) is 9.52 Å². The second kappa shape index (κ2) is 3.22. The van der Waals surface area contributed by atoms with Crippen LogP contribution in [0.1, 0.15) is 12.7 Å². The highest BCUT2D eigenvalue weighted by molar-refractivity contribution is 5.46. The zero-order valence-corrected chi connectivity index (χ0v) is 5.87. The maximum absolute atomic E-state index is 8.62. The van der Waals surface area contributed by atoms with Gasteiger partial charge in [-0.1, -0.05) is 0 Å². The molecule has 0 aliphatic carbocycles. The standard InChI is InChI=1S/C8H10O2/c1-7(6-9)5-8-3-2-4-10-8/h2-5,9H,6H2,1H3. The van der Waals surface area contributed by atoms with Crippen LogP contribution in [0.15, 0.2) is 28.4 Å². The smallest absolute Gasteiger partial charge is 0.126 e. The topological polar surface area (TPSA) is 33.4 Å². The average molecular weight is 138 g/mol. The molecule has 2 nitrogen and oxygen atoms in total. The molecule has 0 aromatic carbocycles. The van der Waals surface area contributed by atoms with E-state index in [9.17, 15) is 0 Å². The molecule has 0 bridgehead atoms. The summed E-state index contributed by atoms with van der Waals surface area (Å²) >= 11 is 0. The van der Waals surface area contributed by atoms with Crippen LogP contribution in [0.4, 0.5) is 0 Å². The summed E-state index contributed by atoms with van der Waals surface area (Å²) < 4.78 is 5.02. The monoisotopic (exact) mass is 138 g/mol. The van der Waals surface area contributed by atoms with Crippen molar-refractivity contribution in [2.24, 2.45) is 0 Å². The van der Waals surface area contributed by atoms with E-state index in [-0.39, 0.29) is 6.61 Å². The van der Waals surface area contributed by atoms with Gasteiger partial charge in [0.1, 0.15) is 5.76 Å². The van der Waals surface area contributed by atoms with Gasteiger partial charge < -0.3 is 9.52 Å². The summed E-state index contributed by atoms with van der Waals surface area (Å²) in [6.45, 7) is 1.93. The van der Waals surface area contributed by atoms with E-state index < -0.39 is 0 Å². The molecule has 0 amide bonds. The van der Waals surface area contributed by atoms with E-state index in [1.54, 1.807) is 12.3 Å². The molecule has 0 saturated carbocycles. The number of aliphatic hydroxyl groups is 1. The zero-order chi connectivity index (χ0) is 7.40. The Hall–Kier alpha value is -1.02. The van der Waals surface area contributed by atoms with Gasteiger partial charge in [-0.05, 0) is 30.7 Å². The first kappa shape index (κ1) is 7.09. The van der Waals surface area contributed by atoms with Crippen LogP contribution in [0.2, 0.25) is 0 Å². The molecule has 1 N–H and O–H groups in total. The van der Waals surface area contributed by atoms with Gasteiger partial charge in [-0.2, -0.15) is 0 Å². The third-order valence-electron chi connectivity index (χ3n) is 1.18. The highest BCUT2D eigenvalue weighted by atomic mass is 16.3. The molecule has 1 aromatic heterocycles. The Morgan fingerprint density at radius 1 is 1.80 bits per heavy atom. The van der Waals surface area contributed by atoms with Crippen molar-refractivity contribution in [3.05, 3.63) is 29.7 Å². The van der Waals surface area contributed by atoms with E-state index in [1.165, 1.54) is 0 Å². The van der Waals surface area contributed by atoms with Crippen molar-refractivity contribution in [2.75, 3.05) is 6.61 Å². The number of furan rings is 1. The molecule has 1 rings (SSSR count). The van der Waals surface area contributed by atoms with Crippen LogP contribution in [-0.4, -0.2) is 11.7 Å². The number of hydrogen-bond donors (Lipinski definition) is 1. The molecule has 54 valence electrons. The van der Waals surface area contributed by atoms with E-state index in [0.717, 1.165) is 11.3 Å². The van der Waals surface area contributed by atoms with Crippen LogP contribution in [0.25, 0.3) is 6.08 Å². The fourth-order valence-electron chi connectivity index (χ4n) is 0.662. The van der Waals surface area contributed by atoms with E-state index in [2.05, 4.69) is 0 Å². The molecule has 1 aromatic rings. The van der Waals surface area contributed by atoms with Crippen LogP contribution < -0.4 is 0 Å². The minimum atomic E-state index is 0.0840. The quantitative estimate of drug-likeness (QED) is 0.674. The lowest BCUT2D eigenvalue weighted by atomic mass is 10.3. The average Bonchev–Trinajstić information content (AvgIpc) is 2.40. The molecule has 0 atom stereocenters. The predicted octanol–water partition coefficient (Wildman–Crippen LogP) is 1.68. The van der Waals surface area contributed by atoms with Crippen molar-refractivity contribution >= 4 is 6.08 Å². The van der Waals surface area contributed by atoms with Crippen molar-refractivity contribution in [2.45, 2.75) is 6.92 Å². The normalized spacial score (nSPS) is 12.0. The van der Waals surface area contributed by atoms with Gasteiger partial charge in [-0.3, -0.25) is 0 Å². The molecule has 2 heteroatoms. The van der Waals surface area contributed by atoms with Crippen LogP contribution in [0.3, 0.4) is 0 Å². The molecule has 0 spiro atoms. The summed E-state index contributed by atoms with van der Waals surface area (Å²) in [4.78, 5) is 0. The molecule has 1 heterocycles. The van der Waals surface area contributed by atoms with Crippen molar-refractivity contribution in [1.29, 1.82) is 0 Å². The molecular weight excluding hydrogens is 128 g/mol. The highest BCUT2D eigenvalue weighted by Gasteiger charge is 1.89. The van der Waals surface area contributed by atoms with Crippen molar-refractivity contribution < 1.29 is 9.52 Å². The lowest BCUT2D eigenvalue weighted by Gasteiger charge is -1.90. The SMILES string of the molecule is CC(=Cc1ccco1)CO. The Morgan fingerprint density at radius 2 is 2.60 bits per heavy atom. The summed E-state index contributed by atoms with van der Waals surface area (Å²) in [7, 11) is 0. The summed E-state index contributed by atoms with van der Waals surface area (Å²) in [5, 5.41) is 8.62. The minimum absolute atomic E-state index is 0.0840. The third-order valence-corrected chi connectivity index (χ3v) is 1.18. The Balaban J connectivity index is 2.71. The highest BCUT2D eigenvalue weighted by Crippen LogP contribution is 2.05. The first-order valence-electron chi connectivity index (χ1n) is 3.14. The Bertz CT molecular complexity index is 209. The first-order chi connectivity index (χ1) is 4.83. The minimum Gasteiger partial charge on any atom is -0.465 e. The van der Waals surface area contributed by atoms with Crippen molar-refractivity contribution in [3.8, 4) is 0 Å². The van der Waals surface area contributed by atoms with Crippen molar-refractivity contribution in [3.63, 3.8) is 0 Å². The largest absolute Gasteiger partial charge is 0.465 e. The van der Waals surface area contributed by atoms with Gasteiger partial charge in [0, 0.05) is 0 Å². The van der Waals surface area contributed by atoms with Gasteiger partial charge in [0.2, 0.25) is 0 Å². The summed E-state index contributed by atoms with van der Waals surface area (Å²) in [6.07, 6.45) is 3.41. The second-order valence-electron chi connectivity index (χ2n) is 2.16. The van der Waals surface area contributed by atoms with Crippen LogP contribution in [0.5, 0.6) is 0 Å². The molecule has 0 aliphatic rings. The predicted molar refractivity (Wildman–Crippen MR) is 39.4 cm³/mol. The van der Waals surface area contributed by atoms with Crippen LogP contribution in [0, 0.1) is 0 Å². The second-order valence-corrected chi connectivity index (χ2v) is 2.16. The molecule has 10 heavy (non-hydrogen) atoms. The summed E-state index contributed by atoms with van der Waals surface area (Å²) in [5.41, 5.74) is 0.898. The zero-order valence-electron chi connectivity index (χ0n) is 5.87. The number of hydrogen-bond acceptors (Lipinski definition) is 2. The molecular formula is C8H10O2. The van der Waals surface area contributed by atoms with Gasteiger partial charge in [0.05, 0.1) is 12.9 Å². The number of rotatable bonds is 2. The summed E-state index contributed by atoms with van der Waals surface area (Å²) in [6, 6.07) is 3.66. The van der Waals surface area contributed by atoms with Gasteiger partial charge in [-0.25, -0.2) is 0 Å². The van der Waals surface area contributed by atoms with Gasteiger partial charge >= 0.3 is 0 Å². The van der Waals surface area contributed by atoms with E-state index >= 15 is 0 Å². The van der Waals surface area contributed by atoms with Crippen LogP contribution in [-0.2, 0) is 0 Å². The molecule has 0 radical (unpaired) electrons. The maximum Gasteiger partial charge on any atom is 0.126 e. The Labute approximate surface area is 59.8 Å². The molecule has 0 aliphatic heterocycles. The van der Waals surface area contributed by atoms with Gasteiger partial charge in [0.15, 0.2) is 0 Å². The Morgan fingerprint density at radius 3 is 3.10 bits per heavy atom. The fourth-order valence-corrected chi connectivity index (χ4v) is 0.662. The lowest BCUT2D eigenvalue weighted by Crippen LogP contribution is -1.81. The third kappa shape index (κ3) is 1.74. The van der Waals surface area contributed by atoms with E-state index in [0.29, 0.717) is 0 Å². The number of aliphatic hydroxyl groups excluding tert-OH is 1. The first-order valence-corrected chi connectivity index (χ1v) is 3.14. The molecule has 0 unspecified atom stereocenters. The molecule has 0 fully saturated rings. The molecule has 0 saturated heterocycles. The lowest BCUT2D eigenvalue weighted by molar-refractivity contribution is 0.332.